The molecule has 0 saturated carbocycles. The molecule has 0 atom stereocenters. The molecular weight excluding hydrogens is 728 g/mol. The molecule has 5 rings (SSSR count). The van der Waals surface area contributed by atoms with Gasteiger partial charge in [0.05, 0.1) is 11.9 Å². The molecule has 3 radical (unpaired) electrons. The smallest absolute Gasteiger partial charge is 0.545 e. The van der Waals surface area contributed by atoms with Crippen molar-refractivity contribution in [2.24, 2.45) is 0 Å². The third kappa shape index (κ3) is 20.2. The third-order valence-electron chi connectivity index (χ3n) is 4.12. The van der Waals surface area contributed by atoms with Crippen molar-refractivity contribution < 1.29 is 19.8 Å². The molecule has 0 aromatic heterocycles. The van der Waals surface area contributed by atoms with Gasteiger partial charge in [0.2, 0.25) is 0 Å². The van der Waals surface area contributed by atoms with E-state index >= 15 is 0 Å². The SMILES string of the molecule is O=C([O-])c1cccc(Cl)c1.O=C([O-])c1cccc(Cl)c1.[Bi+2].c1ccccc1.c1ccccc1.c1ccccc1. The van der Waals surface area contributed by atoms with Crippen LogP contribution in [-0.4, -0.2) is 38.1 Å². The van der Waals surface area contributed by atoms with Gasteiger partial charge in [-0.15, -0.1) is 0 Å². The Bertz CT molecular complexity index is 1080. The number of carbonyl (C=O) groups excluding carboxylic acids is 2. The van der Waals surface area contributed by atoms with E-state index in [1.54, 1.807) is 24.3 Å². The average Bonchev–Trinajstić information content (AvgIpc) is 2.97. The fraction of sp³-hybridized carbons (Fsp3) is 0. The van der Waals surface area contributed by atoms with Crippen molar-refractivity contribution >= 4 is 61.3 Å². The number of carbonyl (C=O) groups is 2. The van der Waals surface area contributed by atoms with Crippen LogP contribution >= 0.6 is 23.2 Å². The molecule has 0 N–H and O–H groups in total. The van der Waals surface area contributed by atoms with Crippen LogP contribution in [0.2, 0.25) is 10.0 Å². The third-order valence-corrected chi connectivity index (χ3v) is 4.59. The normalized spacial score (nSPS) is 8.46. The molecule has 5 aromatic rings. The summed E-state index contributed by atoms with van der Waals surface area (Å²) < 4.78 is 0. The second-order valence-electron chi connectivity index (χ2n) is 7.06. The Morgan fingerprint density at radius 2 is 0.615 bits per heavy atom. The summed E-state index contributed by atoms with van der Waals surface area (Å²) in [7, 11) is 0. The summed E-state index contributed by atoms with van der Waals surface area (Å²) in [4.78, 5) is 20.4. The average molecular weight is 754 g/mol. The van der Waals surface area contributed by atoms with Crippen molar-refractivity contribution in [3.05, 3.63) is 179 Å². The Hall–Kier alpha value is -3.50. The molecule has 4 nitrogen and oxygen atoms in total. The number of hydrogen-bond acceptors (Lipinski definition) is 4. The topological polar surface area (TPSA) is 80.3 Å². The summed E-state index contributed by atoms with van der Waals surface area (Å²) >= 11 is 11.0. The number of benzene rings is 5. The van der Waals surface area contributed by atoms with Crippen LogP contribution in [0.15, 0.2) is 158 Å². The first-order valence-electron chi connectivity index (χ1n) is 11.3. The molecule has 0 saturated heterocycles. The van der Waals surface area contributed by atoms with Crippen molar-refractivity contribution in [1.82, 2.24) is 0 Å². The first-order valence-corrected chi connectivity index (χ1v) is 12.1. The van der Waals surface area contributed by atoms with Gasteiger partial charge < -0.3 is 19.8 Å². The van der Waals surface area contributed by atoms with Crippen LogP contribution in [-0.2, 0) is 0 Å². The maximum absolute atomic E-state index is 10.2. The van der Waals surface area contributed by atoms with E-state index in [1.165, 1.54) is 24.3 Å². The van der Waals surface area contributed by atoms with E-state index < -0.39 is 11.9 Å². The Balaban J connectivity index is 0.000000469. The predicted octanol–water partition coefficient (Wildman–Crippen LogP) is 6.09. The number of halogens is 2. The first kappa shape index (κ1) is 35.5. The zero-order chi connectivity index (χ0) is 27.8. The van der Waals surface area contributed by atoms with Gasteiger partial charge in [0.25, 0.3) is 0 Å². The van der Waals surface area contributed by atoms with Crippen molar-refractivity contribution in [1.29, 1.82) is 0 Å². The number of carboxylic acids is 2. The molecule has 0 bridgehead atoms. The number of rotatable bonds is 2. The monoisotopic (exact) mass is 753 g/mol. The Morgan fingerprint density at radius 1 is 0.410 bits per heavy atom. The second-order valence-corrected chi connectivity index (χ2v) is 7.93. The van der Waals surface area contributed by atoms with Gasteiger partial charge in [-0.3, -0.25) is 0 Å². The molecule has 0 fully saturated rings. The summed E-state index contributed by atoms with van der Waals surface area (Å²) in [6.07, 6.45) is 0. The molecule has 0 amide bonds. The number of aromatic carboxylic acids is 2. The standard InChI is InChI=1S/2C7H5ClO2.3C6H6.Bi/c2*8-6-3-1-2-5(4-6)7(9)10;3*1-2-4-6-5-3-1;/h2*1-4H,(H,9,10);3*1-6H;/q;;;;;+2/p-2. The predicted molar refractivity (Wildman–Crippen MR) is 157 cm³/mol. The minimum atomic E-state index is -1.21. The first-order chi connectivity index (χ1) is 18.4. The molecular formula is C32H26BiCl2O4. The van der Waals surface area contributed by atoms with Crippen LogP contribution < -0.4 is 10.2 Å². The van der Waals surface area contributed by atoms with Crippen LogP contribution in [0, 0.1) is 0 Å². The molecule has 0 aliphatic heterocycles. The van der Waals surface area contributed by atoms with Crippen LogP contribution in [0.5, 0.6) is 0 Å². The molecule has 0 unspecified atom stereocenters. The fourth-order valence-corrected chi connectivity index (χ4v) is 2.77. The molecule has 0 heterocycles. The van der Waals surface area contributed by atoms with E-state index in [0.29, 0.717) is 10.0 Å². The van der Waals surface area contributed by atoms with Crippen molar-refractivity contribution in [2.45, 2.75) is 0 Å². The van der Waals surface area contributed by atoms with E-state index in [9.17, 15) is 19.8 Å². The molecule has 39 heavy (non-hydrogen) atoms. The van der Waals surface area contributed by atoms with Gasteiger partial charge in [0, 0.05) is 10.0 Å². The molecule has 197 valence electrons. The number of hydrogen-bond donors (Lipinski definition) is 0. The maximum atomic E-state index is 10.2. The van der Waals surface area contributed by atoms with E-state index in [0.717, 1.165) is 0 Å². The van der Waals surface area contributed by atoms with Crippen LogP contribution in [0.1, 0.15) is 20.7 Å². The van der Waals surface area contributed by atoms with Gasteiger partial charge in [0.1, 0.15) is 0 Å². The van der Waals surface area contributed by atoms with Crippen molar-refractivity contribution in [2.75, 3.05) is 0 Å². The van der Waals surface area contributed by atoms with Crippen molar-refractivity contribution in [3.63, 3.8) is 0 Å². The van der Waals surface area contributed by atoms with E-state index in [4.69, 9.17) is 23.2 Å². The molecule has 5 aromatic carbocycles. The zero-order valence-electron chi connectivity index (χ0n) is 20.8. The summed E-state index contributed by atoms with van der Waals surface area (Å²) in [6, 6.07) is 47.9. The number of carboxylic acid groups (broad SMARTS) is 2. The van der Waals surface area contributed by atoms with Crippen LogP contribution in [0.4, 0.5) is 0 Å². The Labute approximate surface area is 258 Å². The summed E-state index contributed by atoms with van der Waals surface area (Å²) in [5, 5.41) is 21.2. The summed E-state index contributed by atoms with van der Waals surface area (Å²) in [6.45, 7) is 0. The van der Waals surface area contributed by atoms with E-state index in [2.05, 4.69) is 0 Å². The maximum Gasteiger partial charge on any atom is 2.00 e. The van der Waals surface area contributed by atoms with Crippen LogP contribution in [0.3, 0.4) is 0 Å². The molecule has 7 heteroatoms. The van der Waals surface area contributed by atoms with Gasteiger partial charge >= 0.3 is 26.2 Å². The summed E-state index contributed by atoms with van der Waals surface area (Å²) in [5.74, 6) is -2.41. The minimum absolute atomic E-state index is 0. The second kappa shape index (κ2) is 23.6. The summed E-state index contributed by atoms with van der Waals surface area (Å²) in [5.41, 5.74) is 0.208. The van der Waals surface area contributed by atoms with E-state index in [1.807, 2.05) is 109 Å². The largest absolute Gasteiger partial charge is 2.00 e. The Kier molecular flexibility index (Phi) is 21.5. The quantitative estimate of drug-likeness (QED) is 0.205. The molecule has 0 aliphatic carbocycles. The molecule has 0 spiro atoms. The van der Waals surface area contributed by atoms with Crippen molar-refractivity contribution in [3.8, 4) is 0 Å². The minimum Gasteiger partial charge on any atom is -0.545 e. The van der Waals surface area contributed by atoms with Gasteiger partial charge in [-0.2, -0.15) is 0 Å². The van der Waals surface area contributed by atoms with Gasteiger partial charge in [0.15, 0.2) is 0 Å². The van der Waals surface area contributed by atoms with Crippen LogP contribution in [0.25, 0.3) is 0 Å². The fourth-order valence-electron chi connectivity index (χ4n) is 2.39. The van der Waals surface area contributed by atoms with E-state index in [-0.39, 0.29) is 37.3 Å². The zero-order valence-corrected chi connectivity index (χ0v) is 25.8. The molecule has 0 aliphatic rings. The van der Waals surface area contributed by atoms with Gasteiger partial charge in [-0.25, -0.2) is 0 Å². The van der Waals surface area contributed by atoms with Gasteiger partial charge in [-0.1, -0.05) is 157 Å². The van der Waals surface area contributed by atoms with Gasteiger partial charge in [-0.05, 0) is 35.4 Å². The Morgan fingerprint density at radius 3 is 0.744 bits per heavy atom.